The van der Waals surface area contributed by atoms with E-state index in [0.29, 0.717) is 16.0 Å². The van der Waals surface area contributed by atoms with Gasteiger partial charge in [0.1, 0.15) is 16.9 Å². The van der Waals surface area contributed by atoms with Crippen molar-refractivity contribution < 1.29 is 36.9 Å². The van der Waals surface area contributed by atoms with Gasteiger partial charge in [-0.15, -0.1) is 0 Å². The molecule has 0 aliphatic carbocycles. The summed E-state index contributed by atoms with van der Waals surface area (Å²) < 4.78 is 42.0. The summed E-state index contributed by atoms with van der Waals surface area (Å²) in [5, 5.41) is 14.6. The van der Waals surface area contributed by atoms with Crippen molar-refractivity contribution in [1.82, 2.24) is 15.1 Å². The summed E-state index contributed by atoms with van der Waals surface area (Å²) >= 11 is 0. The Balaban J connectivity index is 1.89. The number of sulfone groups is 1. The van der Waals surface area contributed by atoms with Crippen molar-refractivity contribution >= 4 is 33.5 Å². The number of nitro groups is 1. The number of imide groups is 1. The first-order chi connectivity index (χ1) is 21.8. The van der Waals surface area contributed by atoms with Crippen LogP contribution in [0.25, 0.3) is 34.0 Å². The average molecular weight is 666 g/mol. The number of carbonyl (C=O) groups is 2. The lowest BCUT2D eigenvalue weighted by Gasteiger charge is -2.28. The maximum absolute atomic E-state index is 13.5. The number of hydrogen-bond acceptors (Lipinski definition) is 12. The smallest absolute Gasteiger partial charge is 0.425 e. The molecule has 0 unspecified atom stereocenters. The number of benzene rings is 2. The van der Waals surface area contributed by atoms with Gasteiger partial charge in [-0.05, 0) is 79.7 Å². The first-order valence-corrected chi connectivity index (χ1v) is 16.0. The summed E-state index contributed by atoms with van der Waals surface area (Å²) in [6.45, 7) is 12.9. The van der Waals surface area contributed by atoms with Crippen LogP contribution < -0.4 is 4.90 Å². The Morgan fingerprint density at radius 2 is 1.38 bits per heavy atom. The van der Waals surface area contributed by atoms with Crippen LogP contribution in [0.2, 0.25) is 0 Å². The highest BCUT2D eigenvalue weighted by atomic mass is 32.2. The van der Waals surface area contributed by atoms with Gasteiger partial charge < -0.3 is 14.0 Å². The zero-order valence-corrected chi connectivity index (χ0v) is 28.0. The summed E-state index contributed by atoms with van der Waals surface area (Å²) in [7, 11) is -3.53. The third-order valence-corrected chi connectivity index (χ3v) is 8.50. The summed E-state index contributed by atoms with van der Waals surface area (Å²) in [6, 6.07) is 13.1. The number of aromatic nitrogens is 3. The molecule has 4 rings (SSSR count). The minimum absolute atomic E-state index is 0.0150. The van der Waals surface area contributed by atoms with E-state index in [4.69, 9.17) is 14.0 Å². The summed E-state index contributed by atoms with van der Waals surface area (Å²) in [5.41, 5.74) is -0.735. The van der Waals surface area contributed by atoms with Crippen LogP contribution in [0.4, 0.5) is 21.1 Å². The van der Waals surface area contributed by atoms with Gasteiger partial charge in [-0.1, -0.05) is 17.3 Å². The van der Waals surface area contributed by atoms with Crippen molar-refractivity contribution in [2.75, 3.05) is 4.90 Å². The van der Waals surface area contributed by atoms with Crippen molar-refractivity contribution in [2.45, 2.75) is 76.7 Å². The minimum Gasteiger partial charge on any atom is -0.443 e. The fourth-order valence-corrected chi connectivity index (χ4v) is 5.14. The largest absolute Gasteiger partial charge is 0.443 e. The van der Waals surface area contributed by atoms with E-state index in [1.165, 1.54) is 48.7 Å². The summed E-state index contributed by atoms with van der Waals surface area (Å²) in [4.78, 5) is 47.4. The molecular weight excluding hydrogens is 630 g/mol. The molecule has 15 heteroatoms. The highest BCUT2D eigenvalue weighted by Crippen LogP contribution is 2.35. The molecule has 0 aliphatic rings. The van der Waals surface area contributed by atoms with E-state index < -0.39 is 43.4 Å². The second-order valence-corrected chi connectivity index (χ2v) is 15.2. The monoisotopic (exact) mass is 665 g/mol. The van der Waals surface area contributed by atoms with Crippen LogP contribution >= 0.6 is 0 Å². The van der Waals surface area contributed by atoms with Crippen LogP contribution in [0, 0.1) is 10.1 Å². The first-order valence-electron chi connectivity index (χ1n) is 14.5. The van der Waals surface area contributed by atoms with Crippen LogP contribution in [0.3, 0.4) is 0 Å². The summed E-state index contributed by atoms with van der Waals surface area (Å²) in [5.74, 6) is -0.304. The predicted octanol–water partition coefficient (Wildman–Crippen LogP) is 7.23. The molecule has 4 aromatic rings. The van der Waals surface area contributed by atoms with E-state index in [1.807, 2.05) is 0 Å². The van der Waals surface area contributed by atoms with Gasteiger partial charge >= 0.3 is 12.2 Å². The molecule has 0 N–H and O–H groups in total. The third kappa shape index (κ3) is 8.16. The Morgan fingerprint density at radius 3 is 1.87 bits per heavy atom. The average Bonchev–Trinajstić information content (AvgIpc) is 3.46. The lowest BCUT2D eigenvalue weighted by atomic mass is 10.1. The topological polar surface area (TPSA) is 185 Å². The molecule has 0 saturated carbocycles. The van der Waals surface area contributed by atoms with E-state index in [1.54, 1.807) is 67.5 Å². The number of anilines is 1. The molecule has 0 bridgehead atoms. The van der Waals surface area contributed by atoms with E-state index in [-0.39, 0.29) is 39.2 Å². The molecule has 47 heavy (non-hydrogen) atoms. The minimum atomic E-state index is -3.53. The molecule has 0 atom stereocenters. The number of ether oxygens (including phenoxy) is 2. The Morgan fingerprint density at radius 1 is 0.872 bits per heavy atom. The van der Waals surface area contributed by atoms with Gasteiger partial charge in [-0.25, -0.2) is 28.0 Å². The number of hydrogen-bond donors (Lipinski definition) is 0. The Bertz CT molecular complexity index is 1880. The Kier molecular flexibility index (Phi) is 9.52. The predicted molar refractivity (Wildman–Crippen MR) is 172 cm³/mol. The second-order valence-electron chi connectivity index (χ2n) is 12.7. The first kappa shape index (κ1) is 34.7. The quantitative estimate of drug-likeness (QED) is 0.143. The molecule has 0 fully saturated rings. The molecule has 0 radical (unpaired) electrons. The number of non-ortho nitro benzene ring substituents is 1. The molecule has 2 heterocycles. The second kappa shape index (κ2) is 12.9. The standard InChI is InChI=1S/C32H35N5O9S/c1-19(2)47(42,43)23-15-11-21(12-16-23)25-18-33-28(36(29(38)44-31(3,4)5)30(39)45-32(6,7)8)27(34-25)26-17-24(35-46-26)20-9-13-22(14-10-20)37(40)41/h9-19H,1-8H3. The molecule has 0 spiro atoms. The molecule has 0 saturated heterocycles. The number of nitrogens with zero attached hydrogens (tertiary/aromatic N) is 5. The van der Waals surface area contributed by atoms with Gasteiger partial charge in [0.05, 0.1) is 27.0 Å². The molecule has 14 nitrogen and oxygen atoms in total. The maximum atomic E-state index is 13.5. The summed E-state index contributed by atoms with van der Waals surface area (Å²) in [6.07, 6.45) is -0.873. The number of rotatable bonds is 7. The molecule has 2 amide bonds. The molecule has 2 aromatic heterocycles. The van der Waals surface area contributed by atoms with Gasteiger partial charge in [-0.3, -0.25) is 10.1 Å². The van der Waals surface area contributed by atoms with Gasteiger partial charge in [0.15, 0.2) is 27.1 Å². The fourth-order valence-electron chi connectivity index (χ4n) is 4.08. The fraction of sp³-hybridized carbons (Fsp3) is 0.344. The molecule has 0 aliphatic heterocycles. The van der Waals surface area contributed by atoms with Crippen LogP contribution in [-0.4, -0.2) is 57.1 Å². The van der Waals surface area contributed by atoms with Crippen molar-refractivity contribution in [2.24, 2.45) is 0 Å². The maximum Gasteiger partial charge on any atom is 0.425 e. The van der Waals surface area contributed by atoms with E-state index in [0.717, 1.165) is 0 Å². The highest BCUT2D eigenvalue weighted by Gasteiger charge is 2.37. The lowest BCUT2D eigenvalue weighted by Crippen LogP contribution is -2.44. The van der Waals surface area contributed by atoms with Crippen molar-refractivity contribution in [3.05, 3.63) is 70.9 Å². The van der Waals surface area contributed by atoms with Crippen molar-refractivity contribution in [3.8, 4) is 34.0 Å². The number of nitro benzene ring substituents is 1. The highest BCUT2D eigenvalue weighted by molar-refractivity contribution is 7.92. The normalized spacial score (nSPS) is 12.1. The molecular formula is C32H35N5O9S. The van der Waals surface area contributed by atoms with E-state index >= 15 is 0 Å². The van der Waals surface area contributed by atoms with Gasteiger partial charge in [0.25, 0.3) is 5.69 Å². The van der Waals surface area contributed by atoms with Gasteiger partial charge in [-0.2, -0.15) is 4.90 Å². The number of carbonyl (C=O) groups excluding carboxylic acids is 2. The van der Waals surface area contributed by atoms with Crippen LogP contribution in [-0.2, 0) is 19.3 Å². The van der Waals surface area contributed by atoms with Crippen LogP contribution in [0.5, 0.6) is 0 Å². The lowest BCUT2D eigenvalue weighted by molar-refractivity contribution is -0.384. The molecule has 2 aromatic carbocycles. The van der Waals surface area contributed by atoms with Crippen LogP contribution in [0.1, 0.15) is 55.4 Å². The Hall–Kier alpha value is -5.18. The van der Waals surface area contributed by atoms with E-state index in [9.17, 15) is 28.1 Å². The van der Waals surface area contributed by atoms with Gasteiger partial charge in [0, 0.05) is 29.3 Å². The van der Waals surface area contributed by atoms with Crippen molar-refractivity contribution in [3.63, 3.8) is 0 Å². The van der Waals surface area contributed by atoms with Crippen LogP contribution in [0.15, 0.2) is 70.2 Å². The van der Waals surface area contributed by atoms with Gasteiger partial charge in [0.2, 0.25) is 0 Å². The molecule has 248 valence electrons. The van der Waals surface area contributed by atoms with Crippen molar-refractivity contribution in [1.29, 1.82) is 0 Å². The zero-order valence-electron chi connectivity index (χ0n) is 27.2. The third-order valence-electron chi connectivity index (χ3n) is 6.33. The Labute approximate surface area is 271 Å². The number of amides is 2. The van der Waals surface area contributed by atoms with E-state index in [2.05, 4.69) is 15.1 Å². The SMILES string of the molecule is CC(C)S(=O)(=O)c1ccc(-c2cnc(N(C(=O)OC(C)(C)C)C(=O)OC(C)(C)C)c(-c3cc(-c4ccc([N+](=O)[O-])cc4)no3)n2)cc1. The zero-order chi connectivity index (χ0) is 34.9.